The molecule has 146 valence electrons. The summed E-state index contributed by atoms with van der Waals surface area (Å²) >= 11 is 0. The Hall–Kier alpha value is -3.07. The number of halogens is 2. The van der Waals surface area contributed by atoms with Crippen molar-refractivity contribution in [2.45, 2.75) is 13.0 Å². The van der Waals surface area contributed by atoms with Crippen LogP contribution in [0.25, 0.3) is 5.65 Å². The van der Waals surface area contributed by atoms with Gasteiger partial charge in [-0.3, -0.25) is 4.79 Å². The first kappa shape index (κ1) is 18.3. The van der Waals surface area contributed by atoms with Crippen molar-refractivity contribution in [2.24, 2.45) is 11.7 Å². The third-order valence-corrected chi connectivity index (χ3v) is 4.97. The van der Waals surface area contributed by atoms with Gasteiger partial charge in [-0.05, 0) is 24.5 Å². The SMILES string of the molecule is NC(=O)c1cnn2cc(CNCC3CCN(c4ccc(F)cc4F)C3)cnc12. The van der Waals surface area contributed by atoms with Crippen molar-refractivity contribution >= 4 is 17.2 Å². The molecule has 1 aliphatic heterocycles. The maximum atomic E-state index is 13.9. The van der Waals surface area contributed by atoms with Gasteiger partial charge in [0, 0.05) is 50.2 Å². The minimum absolute atomic E-state index is 0.290. The topological polar surface area (TPSA) is 88.5 Å². The molecule has 0 radical (unpaired) electrons. The molecule has 9 heteroatoms. The number of anilines is 1. The lowest BCUT2D eigenvalue weighted by Crippen LogP contribution is -2.26. The number of nitrogens with zero attached hydrogens (tertiary/aromatic N) is 4. The molecule has 3 heterocycles. The predicted octanol–water partition coefficient (Wildman–Crippen LogP) is 1.72. The van der Waals surface area contributed by atoms with Gasteiger partial charge < -0.3 is 16.0 Å². The summed E-state index contributed by atoms with van der Waals surface area (Å²) in [4.78, 5) is 17.5. The molecule has 3 N–H and O–H groups in total. The lowest BCUT2D eigenvalue weighted by molar-refractivity contribution is 0.100. The molecule has 7 nitrogen and oxygen atoms in total. The highest BCUT2D eigenvalue weighted by Gasteiger charge is 2.24. The van der Waals surface area contributed by atoms with E-state index in [0.717, 1.165) is 31.1 Å². The first-order valence-corrected chi connectivity index (χ1v) is 9.04. The fourth-order valence-corrected chi connectivity index (χ4v) is 3.55. The van der Waals surface area contributed by atoms with Crippen molar-refractivity contribution in [3.8, 4) is 0 Å². The Morgan fingerprint density at radius 1 is 1.32 bits per heavy atom. The molecule has 2 aromatic heterocycles. The fraction of sp³-hybridized carbons (Fsp3) is 0.316. The number of carbonyl (C=O) groups excluding carboxylic acids is 1. The molecule has 0 aliphatic carbocycles. The van der Waals surface area contributed by atoms with Gasteiger partial charge in [0.1, 0.15) is 17.2 Å². The van der Waals surface area contributed by atoms with Crippen LogP contribution in [-0.4, -0.2) is 40.1 Å². The van der Waals surface area contributed by atoms with Crippen LogP contribution in [0.5, 0.6) is 0 Å². The Balaban J connectivity index is 1.32. The first-order valence-electron chi connectivity index (χ1n) is 9.04. The first-order chi connectivity index (χ1) is 13.5. The highest BCUT2D eigenvalue weighted by atomic mass is 19.1. The Labute approximate surface area is 160 Å². The summed E-state index contributed by atoms with van der Waals surface area (Å²) in [5, 5.41) is 7.48. The predicted molar refractivity (Wildman–Crippen MR) is 99.9 cm³/mol. The molecule has 1 atom stereocenters. The number of carbonyl (C=O) groups is 1. The molecule has 28 heavy (non-hydrogen) atoms. The molecule has 4 rings (SSSR count). The largest absolute Gasteiger partial charge is 0.369 e. The Kier molecular flexibility index (Phi) is 4.91. The van der Waals surface area contributed by atoms with E-state index in [2.05, 4.69) is 15.4 Å². The van der Waals surface area contributed by atoms with Crippen LogP contribution in [0.1, 0.15) is 22.3 Å². The standard InChI is InChI=1S/C19H20F2N6O/c20-14-1-2-17(16(21)5-14)26-4-3-12(10-26)6-23-7-13-8-24-19-15(18(22)28)9-25-27(19)11-13/h1-2,5,8-9,11-12,23H,3-4,6-7,10H2,(H2,22,28). The molecule has 1 aliphatic rings. The van der Waals surface area contributed by atoms with Crippen LogP contribution in [0.4, 0.5) is 14.5 Å². The third-order valence-electron chi connectivity index (χ3n) is 4.97. The van der Waals surface area contributed by atoms with Crippen molar-refractivity contribution < 1.29 is 13.6 Å². The molecule has 0 spiro atoms. The average molecular weight is 386 g/mol. The molecular formula is C19H20F2N6O. The molecule has 3 aromatic rings. The highest BCUT2D eigenvalue weighted by molar-refractivity contribution is 5.98. The van der Waals surface area contributed by atoms with Crippen molar-refractivity contribution in [1.29, 1.82) is 0 Å². The summed E-state index contributed by atoms with van der Waals surface area (Å²) in [5.41, 5.74) is 7.39. The van der Waals surface area contributed by atoms with Crippen LogP contribution < -0.4 is 16.0 Å². The summed E-state index contributed by atoms with van der Waals surface area (Å²) in [7, 11) is 0. The van der Waals surface area contributed by atoms with Gasteiger partial charge in [0.05, 0.1) is 11.9 Å². The smallest absolute Gasteiger partial charge is 0.254 e. The zero-order valence-electron chi connectivity index (χ0n) is 15.1. The number of hydrogen-bond acceptors (Lipinski definition) is 5. The van der Waals surface area contributed by atoms with Gasteiger partial charge in [-0.25, -0.2) is 18.3 Å². The number of primary amides is 1. The summed E-state index contributed by atoms with van der Waals surface area (Å²) in [6.07, 6.45) is 5.83. The van der Waals surface area contributed by atoms with Crippen molar-refractivity contribution in [1.82, 2.24) is 19.9 Å². The van der Waals surface area contributed by atoms with Crippen LogP contribution in [0, 0.1) is 17.6 Å². The van der Waals surface area contributed by atoms with E-state index in [9.17, 15) is 13.6 Å². The molecule has 0 saturated carbocycles. The second-order valence-electron chi connectivity index (χ2n) is 6.98. The van der Waals surface area contributed by atoms with Gasteiger partial charge in [0.2, 0.25) is 0 Å². The number of nitrogens with one attached hydrogen (secondary N) is 1. The lowest BCUT2D eigenvalue weighted by Gasteiger charge is -2.19. The molecule has 1 amide bonds. The van der Waals surface area contributed by atoms with E-state index in [4.69, 9.17) is 5.73 Å². The van der Waals surface area contributed by atoms with Crippen LogP contribution in [-0.2, 0) is 6.54 Å². The molecular weight excluding hydrogens is 366 g/mol. The van der Waals surface area contributed by atoms with Gasteiger partial charge in [-0.1, -0.05) is 0 Å². The minimum atomic E-state index is -0.565. The Morgan fingerprint density at radius 3 is 2.96 bits per heavy atom. The zero-order chi connectivity index (χ0) is 19.7. The Bertz CT molecular complexity index is 1020. The number of hydrogen-bond donors (Lipinski definition) is 2. The second-order valence-corrected chi connectivity index (χ2v) is 6.98. The van der Waals surface area contributed by atoms with Crippen molar-refractivity contribution in [3.05, 3.63) is 59.6 Å². The second kappa shape index (κ2) is 7.51. The normalized spacial score (nSPS) is 16.8. The number of rotatable bonds is 6. The van der Waals surface area contributed by atoms with E-state index in [1.165, 1.54) is 22.8 Å². The van der Waals surface area contributed by atoms with Crippen molar-refractivity contribution in [3.63, 3.8) is 0 Å². The minimum Gasteiger partial charge on any atom is -0.369 e. The summed E-state index contributed by atoms with van der Waals surface area (Å²) in [5.74, 6) is -1.28. The number of nitrogens with two attached hydrogens (primary N) is 1. The quantitative estimate of drug-likeness (QED) is 0.674. The molecule has 0 bridgehead atoms. The fourth-order valence-electron chi connectivity index (χ4n) is 3.55. The van der Waals surface area contributed by atoms with Crippen LogP contribution in [0.3, 0.4) is 0 Å². The highest BCUT2D eigenvalue weighted by Crippen LogP contribution is 2.26. The number of fused-ring (bicyclic) bond motifs is 1. The number of aromatic nitrogens is 3. The van der Waals surface area contributed by atoms with E-state index in [1.807, 2.05) is 4.90 Å². The van der Waals surface area contributed by atoms with Crippen LogP contribution in [0.2, 0.25) is 0 Å². The molecule has 1 saturated heterocycles. The summed E-state index contributed by atoms with van der Waals surface area (Å²) < 4.78 is 28.5. The molecule has 1 fully saturated rings. The van der Waals surface area contributed by atoms with Crippen LogP contribution in [0.15, 0.2) is 36.8 Å². The zero-order valence-corrected chi connectivity index (χ0v) is 15.1. The molecule has 1 aromatic carbocycles. The monoisotopic (exact) mass is 386 g/mol. The molecule has 1 unspecified atom stereocenters. The van der Waals surface area contributed by atoms with Gasteiger partial charge in [0.25, 0.3) is 5.91 Å². The Morgan fingerprint density at radius 2 is 2.18 bits per heavy atom. The van der Waals surface area contributed by atoms with Gasteiger partial charge in [0.15, 0.2) is 5.65 Å². The number of amides is 1. The van der Waals surface area contributed by atoms with E-state index in [0.29, 0.717) is 35.9 Å². The van der Waals surface area contributed by atoms with Gasteiger partial charge in [-0.15, -0.1) is 0 Å². The van der Waals surface area contributed by atoms with Crippen molar-refractivity contribution in [2.75, 3.05) is 24.5 Å². The maximum absolute atomic E-state index is 13.9. The lowest BCUT2D eigenvalue weighted by atomic mass is 10.1. The van der Waals surface area contributed by atoms with Crippen LogP contribution >= 0.6 is 0 Å². The van der Waals surface area contributed by atoms with E-state index < -0.39 is 17.5 Å². The third kappa shape index (κ3) is 3.65. The van der Waals surface area contributed by atoms with E-state index in [-0.39, 0.29) is 0 Å². The van der Waals surface area contributed by atoms with E-state index in [1.54, 1.807) is 12.4 Å². The van der Waals surface area contributed by atoms with E-state index >= 15 is 0 Å². The van der Waals surface area contributed by atoms with Gasteiger partial charge in [-0.2, -0.15) is 5.10 Å². The van der Waals surface area contributed by atoms with Gasteiger partial charge >= 0.3 is 0 Å². The number of benzene rings is 1. The summed E-state index contributed by atoms with van der Waals surface area (Å²) in [6, 6.07) is 3.70. The maximum Gasteiger partial charge on any atom is 0.254 e. The summed E-state index contributed by atoms with van der Waals surface area (Å²) in [6.45, 7) is 2.82. The average Bonchev–Trinajstić information content (AvgIpc) is 3.28.